The Morgan fingerprint density at radius 1 is 0.491 bits per heavy atom. The van der Waals surface area contributed by atoms with E-state index in [4.69, 9.17) is 28.9 Å². The predicted molar refractivity (Wildman–Crippen MR) is 448 cm³/mol. The van der Waals surface area contributed by atoms with Crippen LogP contribution >= 0.6 is 14.5 Å². The summed E-state index contributed by atoms with van der Waals surface area (Å²) in [5, 5.41) is 31.0. The average molecular weight is 1590 g/mol. The summed E-state index contributed by atoms with van der Waals surface area (Å²) in [7, 11) is -4.09. The fraction of sp³-hybridized carbons (Fsp3) is 0.322. The summed E-state index contributed by atoms with van der Waals surface area (Å²) in [5.41, 5.74) is 9.83. The molecule has 0 aliphatic carbocycles. The normalized spacial score (nSPS) is 13.3. The maximum absolute atomic E-state index is 14.5. The van der Waals surface area contributed by atoms with E-state index in [9.17, 15) is 29.1 Å². The summed E-state index contributed by atoms with van der Waals surface area (Å²) in [4.78, 5) is 86.1. The van der Waals surface area contributed by atoms with Crippen molar-refractivity contribution in [3.63, 3.8) is 0 Å². The zero-order chi connectivity index (χ0) is 77.2. The van der Waals surface area contributed by atoms with Gasteiger partial charge in [-0.1, -0.05) is 136 Å². The second kappa shape index (κ2) is 43.0. The molecular weight excluding hydrogens is 1490 g/mol. The number of carboxylic acids is 1. The van der Waals surface area contributed by atoms with Crippen LogP contribution in [0.5, 0.6) is 0 Å². The van der Waals surface area contributed by atoms with Crippen LogP contribution in [0.2, 0.25) is 0 Å². The first-order chi connectivity index (χ1) is 53.6. The number of aromatic nitrogens is 4. The number of nitrogens with zero attached hydrogens (tertiary/aromatic N) is 2. The molecule has 0 spiro atoms. The van der Waals surface area contributed by atoms with Crippen LogP contribution in [0.25, 0.3) is 39.3 Å². The lowest BCUT2D eigenvalue weighted by atomic mass is 9.84. The maximum Gasteiger partial charge on any atom is 0.338 e. The summed E-state index contributed by atoms with van der Waals surface area (Å²) < 4.78 is 23.5. The number of rotatable bonds is 40. The Labute approximate surface area is 671 Å². The number of aromatic amines is 2. The van der Waals surface area contributed by atoms with E-state index in [1.165, 1.54) is 31.8 Å². The molecule has 0 fully saturated rings. The van der Waals surface area contributed by atoms with Crippen molar-refractivity contribution in [2.24, 2.45) is 0 Å². The van der Waals surface area contributed by atoms with Crippen molar-refractivity contribution >= 4 is 115 Å². The lowest BCUT2D eigenvalue weighted by Gasteiger charge is -2.27. The molecule has 588 valence electrons. The van der Waals surface area contributed by atoms with Gasteiger partial charge in [0.1, 0.15) is 46.4 Å². The van der Waals surface area contributed by atoms with Gasteiger partial charge in [0.25, 0.3) is 0 Å². The molecule has 3 aromatic heterocycles. The van der Waals surface area contributed by atoms with Crippen molar-refractivity contribution in [2.75, 3.05) is 91.4 Å². The van der Waals surface area contributed by atoms with Crippen LogP contribution in [0.3, 0.4) is 0 Å². The summed E-state index contributed by atoms with van der Waals surface area (Å²) >= 11 is 0. The number of ether oxygens (including phenoxy) is 4. The van der Waals surface area contributed by atoms with Crippen molar-refractivity contribution in [1.29, 1.82) is 0 Å². The second-order valence-electron chi connectivity index (χ2n) is 27.8. The average Bonchev–Trinajstić information content (AvgIpc) is 1.52. The number of nitrogens with one attached hydrogen (secondary N) is 6. The van der Waals surface area contributed by atoms with Gasteiger partial charge in [0, 0.05) is 90.6 Å². The number of benzene rings is 6. The zero-order valence-electron chi connectivity index (χ0n) is 64.7. The molecule has 4 amide bonds. The summed E-state index contributed by atoms with van der Waals surface area (Å²) in [6, 6.07) is 69.9. The second-order valence-corrected chi connectivity index (χ2v) is 35.1. The van der Waals surface area contributed by atoms with Crippen molar-refractivity contribution in [3.05, 3.63) is 257 Å². The number of carbonyl (C=O) groups is 5. The molecule has 2 aliphatic heterocycles. The molecule has 2 unspecified atom stereocenters. The number of H-pyrrole nitrogens is 2. The van der Waals surface area contributed by atoms with E-state index in [1.807, 2.05) is 74.5 Å². The predicted octanol–water partition coefficient (Wildman–Crippen LogP) is 6.91. The first kappa shape index (κ1) is 86.5. The third-order valence-corrected chi connectivity index (χ3v) is 30.0. The molecule has 2 atom stereocenters. The highest BCUT2D eigenvalue weighted by atomic mass is 35.5. The third-order valence-electron chi connectivity index (χ3n) is 21.0. The minimum absolute atomic E-state index is 0. The van der Waals surface area contributed by atoms with E-state index in [0.29, 0.717) is 105 Å². The fourth-order valence-electron chi connectivity index (χ4n) is 15.3. The van der Waals surface area contributed by atoms with Gasteiger partial charge in [-0.05, 0) is 160 Å². The van der Waals surface area contributed by atoms with E-state index in [-0.39, 0.29) is 118 Å². The number of aromatic carboxylic acids is 1. The van der Waals surface area contributed by atoms with Crippen LogP contribution < -0.4 is 77.9 Å². The van der Waals surface area contributed by atoms with E-state index < -0.39 is 26.4 Å². The Balaban J connectivity index is 0.00000720. The lowest BCUT2D eigenvalue weighted by Crippen LogP contribution is -3.00. The Morgan fingerprint density at radius 2 is 0.875 bits per heavy atom. The quantitative estimate of drug-likeness (QED) is 0.0153. The molecule has 0 saturated heterocycles. The van der Waals surface area contributed by atoms with Crippen LogP contribution in [0.1, 0.15) is 133 Å². The van der Waals surface area contributed by atoms with E-state index in [1.54, 1.807) is 6.92 Å². The van der Waals surface area contributed by atoms with Gasteiger partial charge in [-0.25, -0.2) is 9.78 Å². The fourth-order valence-corrected chi connectivity index (χ4v) is 24.0. The standard InChI is InChI=1S/C90H102N8O10P2.2ClH/c1-7-73-63(3)77-60-79-65(5)75(43-44-85(101)93-47-51-107-54-53-105-49-45-91-83(99)41-27-57-109(67-29-15-9-16-30-67,68-31-17-10-18-32-68)69-33-19-11-20-34-69)88(97-79)76(89-87(90(103)104)66(6)80(98-89)62-82-74(8-2)64(4)78(96-82)61-81(73)95-77)59-86(102)94-48-52-108-56-55-106-50-46-92-84(100)42-28-58-110(70-35-21-12-22-36-70,71-37-23-13-24-38-71)72-39-25-14-26-40-72;;/h7,9-26,29-40,60-62,65,75H,1,8,27-28,41-59H2,2-6H3,(H5-2,91,92,93,94,95,96,97,98,99,100,101,102,103,104);2*1H. The summed E-state index contributed by atoms with van der Waals surface area (Å²) in [6.45, 7) is 17.4. The molecule has 5 heterocycles. The zero-order valence-corrected chi connectivity index (χ0v) is 68.0. The number of halogens is 2. The Bertz CT molecular complexity index is 4630. The Hall–Kier alpha value is -9.45. The van der Waals surface area contributed by atoms with Crippen LogP contribution in [0.4, 0.5) is 0 Å². The van der Waals surface area contributed by atoms with Gasteiger partial charge in [-0.15, -0.1) is 0 Å². The van der Waals surface area contributed by atoms with Gasteiger partial charge >= 0.3 is 5.97 Å². The molecule has 0 radical (unpaired) electrons. The van der Waals surface area contributed by atoms with Crippen LogP contribution in [-0.2, 0) is 44.5 Å². The van der Waals surface area contributed by atoms with Crippen molar-refractivity contribution < 1.29 is 72.8 Å². The number of aryl methyl sites for hydroxylation is 2. The Morgan fingerprint density at radius 3 is 1.27 bits per heavy atom. The molecule has 22 heteroatoms. The van der Waals surface area contributed by atoms with Gasteiger partial charge in [-0.3, -0.25) is 24.2 Å². The molecule has 112 heavy (non-hydrogen) atoms. The van der Waals surface area contributed by atoms with Gasteiger partial charge in [0.05, 0.1) is 99.8 Å². The molecule has 11 rings (SSSR count). The van der Waals surface area contributed by atoms with Crippen LogP contribution in [0, 0.1) is 13.8 Å². The highest BCUT2D eigenvalue weighted by molar-refractivity contribution is 7.96. The number of hydrogen-bond acceptors (Lipinski definition) is 11. The van der Waals surface area contributed by atoms with Crippen LogP contribution in [0.15, 0.2) is 207 Å². The smallest absolute Gasteiger partial charge is 0.338 e. The molecule has 6 aromatic carbocycles. The number of allylic oxidation sites excluding steroid dienone is 2. The van der Waals surface area contributed by atoms with Crippen LogP contribution in [-0.4, -0.2) is 146 Å². The van der Waals surface area contributed by atoms with E-state index >= 15 is 0 Å². The molecule has 18 nitrogen and oxygen atoms in total. The van der Waals surface area contributed by atoms with Gasteiger partial charge in [0.15, 0.2) is 0 Å². The highest BCUT2D eigenvalue weighted by Gasteiger charge is 2.46. The van der Waals surface area contributed by atoms with Crippen molar-refractivity contribution in [3.8, 4) is 0 Å². The molecule has 7 N–H and O–H groups in total. The van der Waals surface area contributed by atoms with Crippen molar-refractivity contribution in [2.45, 2.75) is 97.8 Å². The first-order valence-electron chi connectivity index (χ1n) is 38.5. The van der Waals surface area contributed by atoms with Gasteiger partial charge in [-0.2, -0.15) is 0 Å². The maximum atomic E-state index is 14.5. The van der Waals surface area contributed by atoms with Gasteiger partial charge in [0.2, 0.25) is 23.6 Å². The van der Waals surface area contributed by atoms with Crippen molar-refractivity contribution in [1.82, 2.24) is 41.2 Å². The number of carbonyl (C=O) groups excluding carboxylic acids is 4. The number of amides is 4. The molecule has 8 bridgehead atoms. The topological polar surface area (TPSA) is 248 Å². The molecular formula is C90H104Cl2N8O10P2. The SMILES string of the molecule is C=Cc1c(C)c2cc3nc(c(CC(=O)NCCOCCOCCNC(=O)CCC[P+](c4ccccc4)(c4ccccc4)c4ccccc4)c4[nH]c(cc5nc(cc1[nH]2)C(C)=C5CC)c(C)c4C(=O)O)C(CCC(=O)NCCOCCOCCNC(=O)CCC[P+](c1ccccc1)(c1ccccc1)c1ccccc1)C3C.[Cl-].[Cl-]. The minimum atomic E-state index is -2.05. The van der Waals surface area contributed by atoms with E-state index in [2.05, 4.69) is 197 Å². The first-order valence-corrected chi connectivity index (χ1v) is 42.4. The third kappa shape index (κ3) is 21.4. The molecule has 9 aromatic rings. The largest absolute Gasteiger partial charge is 1.00 e. The van der Waals surface area contributed by atoms with Gasteiger partial charge < -0.3 is 80.1 Å². The monoisotopic (exact) mass is 1590 g/mol. The highest BCUT2D eigenvalue weighted by Crippen LogP contribution is 2.57. The molecule has 2 aliphatic rings. The number of fused-ring (bicyclic) bond motifs is 8. The lowest BCUT2D eigenvalue weighted by molar-refractivity contribution is -0.122. The number of carboxylic acid groups (broad SMARTS) is 1. The summed E-state index contributed by atoms with van der Waals surface area (Å²) in [5.74, 6) is -2.54. The Kier molecular flexibility index (Phi) is 33.2. The summed E-state index contributed by atoms with van der Waals surface area (Å²) in [6.07, 6.45) is 6.58. The molecule has 0 saturated carbocycles. The minimum Gasteiger partial charge on any atom is -1.00 e. The van der Waals surface area contributed by atoms with E-state index in [0.717, 1.165) is 57.7 Å². The number of hydrogen-bond donors (Lipinski definition) is 7.